The molecule has 16 heavy (non-hydrogen) atoms. The summed E-state index contributed by atoms with van der Waals surface area (Å²) in [7, 11) is 1.70. The fourth-order valence-corrected chi connectivity index (χ4v) is 1.99. The molecule has 0 aliphatic heterocycles. The van der Waals surface area contributed by atoms with Gasteiger partial charge in [-0.1, -0.05) is 0 Å². The van der Waals surface area contributed by atoms with Crippen molar-refractivity contribution in [2.24, 2.45) is 5.73 Å². The average Bonchev–Trinajstić information content (AvgIpc) is 2.25. The second-order valence-corrected chi connectivity index (χ2v) is 4.48. The first kappa shape index (κ1) is 13.4. The van der Waals surface area contributed by atoms with Gasteiger partial charge in [-0.3, -0.25) is 0 Å². The van der Waals surface area contributed by atoms with Crippen LogP contribution in [0, 0.1) is 6.92 Å². The molecule has 1 rings (SSSR count). The third kappa shape index (κ3) is 3.73. The lowest BCUT2D eigenvalue weighted by molar-refractivity contribution is 0.205. The van der Waals surface area contributed by atoms with Crippen molar-refractivity contribution in [1.29, 1.82) is 0 Å². The van der Waals surface area contributed by atoms with E-state index in [-0.39, 0.29) is 0 Å². The van der Waals surface area contributed by atoms with Gasteiger partial charge >= 0.3 is 0 Å². The van der Waals surface area contributed by atoms with E-state index in [1.54, 1.807) is 13.3 Å². The van der Waals surface area contributed by atoms with Gasteiger partial charge in [-0.15, -0.1) is 0 Å². The molecule has 0 saturated heterocycles. The minimum atomic E-state index is 0.612. The highest BCUT2D eigenvalue weighted by molar-refractivity contribution is 9.10. The number of hydrogen-bond acceptors (Lipinski definition) is 4. The summed E-state index contributed by atoms with van der Waals surface area (Å²) in [5.41, 5.74) is 6.74. The Hall–Kier alpha value is -0.650. The summed E-state index contributed by atoms with van der Waals surface area (Å²) >= 11 is 3.41. The van der Waals surface area contributed by atoms with Gasteiger partial charge in [-0.05, 0) is 34.5 Å². The van der Waals surface area contributed by atoms with Gasteiger partial charge in [0.05, 0.1) is 6.61 Å². The van der Waals surface area contributed by atoms with Crippen LogP contribution >= 0.6 is 15.9 Å². The highest BCUT2D eigenvalue weighted by Gasteiger charge is 2.09. The van der Waals surface area contributed by atoms with Crippen molar-refractivity contribution in [2.75, 3.05) is 38.3 Å². The third-order valence-electron chi connectivity index (χ3n) is 2.28. The number of aromatic nitrogens is 1. The van der Waals surface area contributed by atoms with Crippen LogP contribution in [0.3, 0.4) is 0 Å². The van der Waals surface area contributed by atoms with E-state index in [0.717, 1.165) is 28.9 Å². The van der Waals surface area contributed by atoms with Crippen molar-refractivity contribution in [1.82, 2.24) is 4.98 Å². The maximum Gasteiger partial charge on any atom is 0.131 e. The Morgan fingerprint density at radius 2 is 2.25 bits per heavy atom. The lowest BCUT2D eigenvalue weighted by atomic mass is 10.2. The lowest BCUT2D eigenvalue weighted by Gasteiger charge is -2.24. The van der Waals surface area contributed by atoms with Crippen LogP contribution < -0.4 is 10.6 Å². The Bertz CT molecular complexity index is 333. The molecule has 0 saturated carbocycles. The molecule has 5 heteroatoms. The minimum Gasteiger partial charge on any atom is -0.383 e. The number of methoxy groups -OCH3 is 1. The molecule has 2 N–H and O–H groups in total. The molecule has 1 aromatic heterocycles. The summed E-state index contributed by atoms with van der Waals surface area (Å²) in [6, 6.07) is 2.05. The van der Waals surface area contributed by atoms with Crippen molar-refractivity contribution in [3.8, 4) is 0 Å². The molecule has 0 aliphatic carbocycles. The first-order valence-electron chi connectivity index (χ1n) is 5.25. The van der Waals surface area contributed by atoms with Gasteiger partial charge in [0.15, 0.2) is 0 Å². The number of rotatable bonds is 6. The number of halogens is 1. The molecule has 0 bridgehead atoms. The van der Waals surface area contributed by atoms with E-state index < -0.39 is 0 Å². The molecule has 0 fully saturated rings. The summed E-state index contributed by atoms with van der Waals surface area (Å²) in [5, 5.41) is 0. The first-order valence-corrected chi connectivity index (χ1v) is 6.04. The molecule has 90 valence electrons. The van der Waals surface area contributed by atoms with Crippen molar-refractivity contribution >= 4 is 21.7 Å². The monoisotopic (exact) mass is 287 g/mol. The Labute approximate surface area is 105 Å². The Morgan fingerprint density at radius 3 is 2.81 bits per heavy atom. The van der Waals surface area contributed by atoms with Crippen molar-refractivity contribution in [3.63, 3.8) is 0 Å². The highest BCUT2D eigenvalue weighted by atomic mass is 79.9. The molecule has 1 aromatic rings. The zero-order chi connectivity index (χ0) is 12.0. The molecule has 4 nitrogen and oxygen atoms in total. The Balaban J connectivity index is 2.82. The normalized spacial score (nSPS) is 10.5. The number of ether oxygens (including phenoxy) is 1. The zero-order valence-electron chi connectivity index (χ0n) is 9.74. The summed E-state index contributed by atoms with van der Waals surface area (Å²) < 4.78 is 6.08. The van der Waals surface area contributed by atoms with E-state index in [1.807, 2.05) is 6.92 Å². The van der Waals surface area contributed by atoms with Crippen LogP contribution in [0.5, 0.6) is 0 Å². The van der Waals surface area contributed by atoms with Gasteiger partial charge < -0.3 is 15.4 Å². The minimum absolute atomic E-state index is 0.612. The molecule has 0 radical (unpaired) electrons. The smallest absolute Gasteiger partial charge is 0.131 e. The van der Waals surface area contributed by atoms with Crippen LogP contribution in [0.25, 0.3) is 0 Å². The molecule has 0 amide bonds. The van der Waals surface area contributed by atoms with Crippen LogP contribution in [-0.4, -0.2) is 38.3 Å². The lowest BCUT2D eigenvalue weighted by Crippen LogP contribution is -2.33. The number of pyridine rings is 1. The molecule has 0 aliphatic rings. The van der Waals surface area contributed by atoms with Gasteiger partial charge in [-0.2, -0.15) is 0 Å². The topological polar surface area (TPSA) is 51.4 Å². The second kappa shape index (κ2) is 6.83. The number of aryl methyl sites for hydroxylation is 1. The van der Waals surface area contributed by atoms with Crippen molar-refractivity contribution in [2.45, 2.75) is 6.92 Å². The predicted molar refractivity (Wildman–Crippen MR) is 69.8 cm³/mol. The molecule has 0 unspecified atom stereocenters. The Kier molecular flexibility index (Phi) is 5.73. The SMILES string of the molecule is COCCN(CCN)c1ncc(Br)cc1C. The quantitative estimate of drug-likeness (QED) is 0.863. The van der Waals surface area contributed by atoms with E-state index in [9.17, 15) is 0 Å². The number of anilines is 1. The van der Waals surface area contributed by atoms with Gasteiger partial charge in [0.25, 0.3) is 0 Å². The first-order chi connectivity index (χ1) is 7.69. The molecule has 1 heterocycles. The molecular weight excluding hydrogens is 270 g/mol. The van der Waals surface area contributed by atoms with Crippen LogP contribution in [0.4, 0.5) is 5.82 Å². The molecular formula is C11H18BrN3O. The van der Waals surface area contributed by atoms with Crippen LogP contribution in [-0.2, 0) is 4.74 Å². The summed E-state index contributed by atoms with van der Waals surface area (Å²) in [6.45, 7) is 4.93. The zero-order valence-corrected chi connectivity index (χ0v) is 11.3. The summed E-state index contributed by atoms with van der Waals surface area (Å²) in [5.74, 6) is 0.978. The Morgan fingerprint density at radius 1 is 1.50 bits per heavy atom. The van der Waals surface area contributed by atoms with E-state index in [1.165, 1.54) is 0 Å². The van der Waals surface area contributed by atoms with Crippen molar-refractivity contribution in [3.05, 3.63) is 22.3 Å². The summed E-state index contributed by atoms with van der Waals surface area (Å²) in [4.78, 5) is 6.56. The van der Waals surface area contributed by atoms with E-state index in [0.29, 0.717) is 13.2 Å². The third-order valence-corrected chi connectivity index (χ3v) is 2.71. The summed E-state index contributed by atoms with van der Waals surface area (Å²) in [6.07, 6.45) is 1.80. The molecule has 0 aromatic carbocycles. The standard InChI is InChI=1S/C11H18BrN3O/c1-9-7-10(12)8-14-11(9)15(4-3-13)5-6-16-2/h7-8H,3-6,13H2,1-2H3. The van der Waals surface area contributed by atoms with Gasteiger partial charge in [0.1, 0.15) is 5.82 Å². The van der Waals surface area contributed by atoms with Gasteiger partial charge in [0, 0.05) is 37.4 Å². The van der Waals surface area contributed by atoms with E-state index >= 15 is 0 Å². The van der Waals surface area contributed by atoms with Crippen LogP contribution in [0.2, 0.25) is 0 Å². The van der Waals surface area contributed by atoms with Gasteiger partial charge in [0.2, 0.25) is 0 Å². The predicted octanol–water partition coefficient (Wildman–Crippen LogP) is 1.56. The average molecular weight is 288 g/mol. The largest absolute Gasteiger partial charge is 0.383 e. The van der Waals surface area contributed by atoms with E-state index in [4.69, 9.17) is 10.5 Å². The number of nitrogens with two attached hydrogens (primary N) is 1. The van der Waals surface area contributed by atoms with E-state index in [2.05, 4.69) is 31.9 Å². The second-order valence-electron chi connectivity index (χ2n) is 3.56. The van der Waals surface area contributed by atoms with Crippen molar-refractivity contribution < 1.29 is 4.74 Å². The number of nitrogens with zero attached hydrogens (tertiary/aromatic N) is 2. The highest BCUT2D eigenvalue weighted by Crippen LogP contribution is 2.20. The van der Waals surface area contributed by atoms with Crippen LogP contribution in [0.15, 0.2) is 16.7 Å². The maximum atomic E-state index is 5.60. The molecule has 0 spiro atoms. The maximum absolute atomic E-state index is 5.60. The fourth-order valence-electron chi connectivity index (χ4n) is 1.55. The molecule has 0 atom stereocenters. The van der Waals surface area contributed by atoms with Gasteiger partial charge in [-0.25, -0.2) is 4.98 Å². The van der Waals surface area contributed by atoms with Crippen LogP contribution in [0.1, 0.15) is 5.56 Å². The number of hydrogen-bond donors (Lipinski definition) is 1. The fraction of sp³-hybridized carbons (Fsp3) is 0.545.